The summed E-state index contributed by atoms with van der Waals surface area (Å²) in [7, 11) is 0. The maximum absolute atomic E-state index is 14.0. The number of carbonyl (C=O) groups is 1. The first-order chi connectivity index (χ1) is 18.4. The molecule has 0 aliphatic carbocycles. The van der Waals surface area contributed by atoms with Crippen molar-refractivity contribution in [3.05, 3.63) is 94.3 Å². The number of aromatic nitrogens is 1. The highest BCUT2D eigenvalue weighted by molar-refractivity contribution is 6.05. The van der Waals surface area contributed by atoms with Gasteiger partial charge in [-0.1, -0.05) is 94.8 Å². The van der Waals surface area contributed by atoms with Gasteiger partial charge in [-0.2, -0.15) is 0 Å². The van der Waals surface area contributed by atoms with Crippen molar-refractivity contribution in [2.45, 2.75) is 54.7 Å². The molecule has 1 aromatic heterocycles. The van der Waals surface area contributed by atoms with E-state index in [1.54, 1.807) is 10.6 Å². The summed E-state index contributed by atoms with van der Waals surface area (Å²) in [4.78, 5) is 28.2. The molecule has 0 radical (unpaired) electrons. The van der Waals surface area contributed by atoms with E-state index in [2.05, 4.69) is 0 Å². The van der Waals surface area contributed by atoms with E-state index in [-0.39, 0.29) is 23.4 Å². The van der Waals surface area contributed by atoms with E-state index >= 15 is 0 Å². The van der Waals surface area contributed by atoms with E-state index in [4.69, 9.17) is 4.74 Å². The van der Waals surface area contributed by atoms with Crippen molar-refractivity contribution in [3.8, 4) is 16.9 Å². The molecule has 0 atom stereocenters. The summed E-state index contributed by atoms with van der Waals surface area (Å²) in [6.07, 6.45) is -1.09. The molecule has 0 aliphatic heterocycles. The van der Waals surface area contributed by atoms with Crippen molar-refractivity contribution in [2.75, 3.05) is 11.4 Å². The van der Waals surface area contributed by atoms with Crippen LogP contribution in [0.4, 0.5) is 10.6 Å². The SMILES string of the molecule is Cc1ccc(-c2c(N(CC(C)(C)C)C(=O)O)n(CC(C)C)c(=O)c3ccc(OCc4ccccc4)cc23)cc1. The molecule has 3 aromatic carbocycles. The summed E-state index contributed by atoms with van der Waals surface area (Å²) in [5.74, 6) is 1.14. The maximum Gasteiger partial charge on any atom is 0.412 e. The van der Waals surface area contributed by atoms with Gasteiger partial charge in [0.05, 0.1) is 0 Å². The molecule has 1 amide bonds. The number of anilines is 1. The van der Waals surface area contributed by atoms with Crippen molar-refractivity contribution in [1.82, 2.24) is 4.57 Å². The normalized spacial score (nSPS) is 11.7. The number of pyridine rings is 1. The van der Waals surface area contributed by atoms with Gasteiger partial charge in [-0.25, -0.2) is 4.79 Å². The minimum absolute atomic E-state index is 0.128. The molecule has 1 heterocycles. The summed E-state index contributed by atoms with van der Waals surface area (Å²) in [6.45, 7) is 13.1. The highest BCUT2D eigenvalue weighted by Crippen LogP contribution is 2.39. The lowest BCUT2D eigenvalue weighted by Crippen LogP contribution is -2.41. The molecule has 4 aromatic rings. The van der Waals surface area contributed by atoms with Crippen LogP contribution in [0.25, 0.3) is 21.9 Å². The predicted molar refractivity (Wildman–Crippen MR) is 159 cm³/mol. The zero-order chi connectivity index (χ0) is 28.3. The monoisotopic (exact) mass is 526 g/mol. The Morgan fingerprint density at radius 1 is 0.974 bits per heavy atom. The Morgan fingerprint density at radius 2 is 1.64 bits per heavy atom. The molecule has 1 N–H and O–H groups in total. The van der Waals surface area contributed by atoms with Gasteiger partial charge in [-0.3, -0.25) is 14.3 Å². The number of nitrogens with zero attached hydrogens (tertiary/aromatic N) is 2. The van der Waals surface area contributed by atoms with Crippen LogP contribution in [0.5, 0.6) is 5.75 Å². The molecule has 0 aliphatic rings. The lowest BCUT2D eigenvalue weighted by molar-refractivity contribution is 0.197. The maximum atomic E-state index is 14.0. The fraction of sp³-hybridized carbons (Fsp3) is 0.333. The Kier molecular flexibility index (Phi) is 8.14. The highest BCUT2D eigenvalue weighted by Gasteiger charge is 2.30. The van der Waals surface area contributed by atoms with Crippen molar-refractivity contribution in [2.24, 2.45) is 11.3 Å². The smallest absolute Gasteiger partial charge is 0.412 e. The van der Waals surface area contributed by atoms with Crippen LogP contribution >= 0.6 is 0 Å². The lowest BCUT2D eigenvalue weighted by Gasteiger charge is -2.32. The number of benzene rings is 3. The van der Waals surface area contributed by atoms with Gasteiger partial charge >= 0.3 is 6.09 Å². The summed E-state index contributed by atoms with van der Waals surface area (Å²) < 4.78 is 7.78. The van der Waals surface area contributed by atoms with Crippen molar-refractivity contribution >= 4 is 22.7 Å². The second-order valence-electron chi connectivity index (χ2n) is 11.8. The Bertz CT molecular complexity index is 1510. The van der Waals surface area contributed by atoms with E-state index in [1.165, 1.54) is 4.90 Å². The standard InChI is InChI=1S/C33H38N2O4/c1-22(2)19-34-30(35(32(37)38)21-33(4,5)6)29(25-14-12-23(3)13-15-25)28-18-26(16-17-27(28)31(34)36)39-20-24-10-8-7-9-11-24/h7-18,22H,19-21H2,1-6H3,(H,37,38). The van der Waals surface area contributed by atoms with E-state index < -0.39 is 6.09 Å². The molecule has 39 heavy (non-hydrogen) atoms. The van der Waals surface area contributed by atoms with Gasteiger partial charge in [-0.15, -0.1) is 0 Å². The first-order valence-electron chi connectivity index (χ1n) is 13.4. The van der Waals surface area contributed by atoms with Crippen molar-refractivity contribution in [3.63, 3.8) is 0 Å². The fourth-order valence-corrected chi connectivity index (χ4v) is 4.77. The van der Waals surface area contributed by atoms with E-state index in [0.29, 0.717) is 41.1 Å². The third kappa shape index (κ3) is 6.51. The highest BCUT2D eigenvalue weighted by atomic mass is 16.5. The molecule has 0 bridgehead atoms. The van der Waals surface area contributed by atoms with E-state index in [9.17, 15) is 14.7 Å². The summed E-state index contributed by atoms with van der Waals surface area (Å²) in [6, 6.07) is 23.4. The molecular weight excluding hydrogens is 488 g/mol. The lowest BCUT2D eigenvalue weighted by atomic mass is 9.94. The molecule has 4 rings (SSSR count). The number of hydrogen-bond acceptors (Lipinski definition) is 3. The number of fused-ring (bicyclic) bond motifs is 1. The first kappa shape index (κ1) is 28.0. The van der Waals surface area contributed by atoms with Crippen LogP contribution in [0.3, 0.4) is 0 Å². The Morgan fingerprint density at radius 3 is 2.23 bits per heavy atom. The molecule has 6 heteroatoms. The average Bonchev–Trinajstić information content (AvgIpc) is 2.88. The summed E-state index contributed by atoms with van der Waals surface area (Å²) >= 11 is 0. The Labute approximate surface area is 230 Å². The van der Waals surface area contributed by atoms with Crippen LogP contribution in [0.15, 0.2) is 77.6 Å². The number of carboxylic acid groups (broad SMARTS) is 1. The Balaban J connectivity index is 2.04. The van der Waals surface area contributed by atoms with Gasteiger partial charge in [0.15, 0.2) is 0 Å². The van der Waals surface area contributed by atoms with E-state index in [1.807, 2.05) is 108 Å². The third-order valence-electron chi connectivity index (χ3n) is 6.47. The van der Waals surface area contributed by atoms with Gasteiger partial charge in [-0.05, 0) is 47.6 Å². The van der Waals surface area contributed by atoms with Crippen LogP contribution in [0, 0.1) is 18.3 Å². The number of hydrogen-bond donors (Lipinski definition) is 1. The third-order valence-corrected chi connectivity index (χ3v) is 6.47. The largest absolute Gasteiger partial charge is 0.489 e. The van der Waals surface area contributed by atoms with Crippen LogP contribution < -0.4 is 15.2 Å². The average molecular weight is 527 g/mol. The molecule has 0 spiro atoms. The molecule has 0 unspecified atom stereocenters. The number of rotatable bonds is 8. The number of ether oxygens (including phenoxy) is 1. The first-order valence-corrected chi connectivity index (χ1v) is 13.4. The van der Waals surface area contributed by atoms with Crippen molar-refractivity contribution in [1.29, 1.82) is 0 Å². The minimum atomic E-state index is -1.09. The van der Waals surface area contributed by atoms with Crippen LogP contribution in [0.2, 0.25) is 0 Å². The van der Waals surface area contributed by atoms with Crippen LogP contribution in [-0.4, -0.2) is 22.3 Å². The Hall–Kier alpha value is -4.06. The van der Waals surface area contributed by atoms with Gasteiger partial charge in [0.25, 0.3) is 5.56 Å². The van der Waals surface area contributed by atoms with Crippen LogP contribution in [0.1, 0.15) is 45.7 Å². The second-order valence-corrected chi connectivity index (χ2v) is 11.8. The van der Waals surface area contributed by atoms with Gasteiger partial charge in [0.1, 0.15) is 18.2 Å². The summed E-state index contributed by atoms with van der Waals surface area (Å²) in [5.41, 5.74) is 3.14. The quantitative estimate of drug-likeness (QED) is 0.255. The van der Waals surface area contributed by atoms with Crippen LogP contribution in [-0.2, 0) is 13.2 Å². The molecule has 204 valence electrons. The molecule has 6 nitrogen and oxygen atoms in total. The summed E-state index contributed by atoms with van der Waals surface area (Å²) in [5, 5.41) is 11.7. The second kappa shape index (κ2) is 11.4. The fourth-order valence-electron chi connectivity index (χ4n) is 4.77. The molecule has 0 fully saturated rings. The van der Waals surface area contributed by atoms with E-state index in [0.717, 1.165) is 16.7 Å². The molecule has 0 saturated heterocycles. The van der Waals surface area contributed by atoms with Gasteiger partial charge in [0, 0.05) is 29.4 Å². The topological polar surface area (TPSA) is 71.8 Å². The predicted octanol–water partition coefficient (Wildman–Crippen LogP) is 7.74. The zero-order valence-electron chi connectivity index (χ0n) is 23.7. The van der Waals surface area contributed by atoms with Crippen molar-refractivity contribution < 1.29 is 14.6 Å². The van der Waals surface area contributed by atoms with Gasteiger partial charge in [0.2, 0.25) is 0 Å². The molecular formula is C33H38N2O4. The number of amides is 1. The molecule has 0 saturated carbocycles. The number of aryl methyl sites for hydroxylation is 1. The zero-order valence-corrected chi connectivity index (χ0v) is 23.7. The van der Waals surface area contributed by atoms with Gasteiger partial charge < -0.3 is 9.84 Å². The minimum Gasteiger partial charge on any atom is -0.489 e.